The van der Waals surface area contributed by atoms with Crippen molar-refractivity contribution < 1.29 is 28.7 Å². The van der Waals surface area contributed by atoms with E-state index in [0.29, 0.717) is 41.7 Å². The lowest BCUT2D eigenvalue weighted by molar-refractivity contribution is -0.138. The van der Waals surface area contributed by atoms with Crippen molar-refractivity contribution in [1.29, 1.82) is 0 Å². The number of hydrogen-bond donors (Lipinski definition) is 3. The molecule has 1 saturated heterocycles. The van der Waals surface area contributed by atoms with E-state index in [2.05, 4.69) is 16.0 Å². The number of fused-ring (bicyclic) bond motifs is 3. The molecule has 1 aromatic heterocycles. The minimum atomic E-state index is -0.723. The summed E-state index contributed by atoms with van der Waals surface area (Å²) in [7, 11) is 1.52. The van der Waals surface area contributed by atoms with Gasteiger partial charge in [0, 0.05) is 30.6 Å². The van der Waals surface area contributed by atoms with Gasteiger partial charge in [-0.05, 0) is 30.5 Å². The van der Waals surface area contributed by atoms with Crippen LogP contribution in [0.1, 0.15) is 48.9 Å². The van der Waals surface area contributed by atoms with Gasteiger partial charge in [-0.15, -0.1) is 0 Å². The average molecular weight is 604 g/mol. The standard InChI is InChI=1S/C31H37N7O6/c1-19(2)27-29-35-28(20-7-5-4-6-8-20)36-38(29)15-16-44-24-17-21(9-11-23(24)43-3)30(41)32-13-14-37(18-26(40)34-27)31(42)22-10-12-25(39)33-22/h4-9,11,17,19,22,27H,10,12-16,18H2,1-3H3,(H,32,41)(H,33,39)(H,34,40)/t22-,27+/m0/s1. The Morgan fingerprint density at radius 2 is 1.82 bits per heavy atom. The number of nitrogens with zero attached hydrogens (tertiary/aromatic N) is 4. The zero-order valence-corrected chi connectivity index (χ0v) is 25.0. The third-order valence-corrected chi connectivity index (χ3v) is 7.59. The Morgan fingerprint density at radius 1 is 1.02 bits per heavy atom. The van der Waals surface area contributed by atoms with Crippen molar-refractivity contribution in [2.45, 2.75) is 45.3 Å². The minimum Gasteiger partial charge on any atom is -0.493 e. The predicted octanol–water partition coefficient (Wildman–Crippen LogP) is 1.70. The van der Waals surface area contributed by atoms with Crippen molar-refractivity contribution in [1.82, 2.24) is 35.6 Å². The third kappa shape index (κ3) is 6.99. The topological polar surface area (TPSA) is 157 Å². The normalized spacial score (nSPS) is 19.7. The van der Waals surface area contributed by atoms with Crippen molar-refractivity contribution in [3.8, 4) is 22.9 Å². The molecule has 5 rings (SSSR count). The highest BCUT2D eigenvalue weighted by atomic mass is 16.5. The van der Waals surface area contributed by atoms with Crippen LogP contribution in [-0.4, -0.2) is 82.7 Å². The van der Waals surface area contributed by atoms with Gasteiger partial charge in [0.05, 0.1) is 26.2 Å². The van der Waals surface area contributed by atoms with Crippen LogP contribution in [0, 0.1) is 5.92 Å². The molecule has 13 heteroatoms. The van der Waals surface area contributed by atoms with Crippen molar-refractivity contribution in [2.24, 2.45) is 5.92 Å². The Kier molecular flexibility index (Phi) is 9.41. The Balaban J connectivity index is 1.51. The predicted molar refractivity (Wildman–Crippen MR) is 160 cm³/mol. The summed E-state index contributed by atoms with van der Waals surface area (Å²) in [5.41, 5.74) is 1.16. The lowest BCUT2D eigenvalue weighted by Gasteiger charge is -2.27. The zero-order chi connectivity index (χ0) is 31.2. The van der Waals surface area contributed by atoms with Gasteiger partial charge in [-0.1, -0.05) is 44.2 Å². The maximum atomic E-state index is 13.5. The highest BCUT2D eigenvalue weighted by molar-refractivity contribution is 5.95. The number of carbonyl (C=O) groups is 4. The molecule has 232 valence electrons. The van der Waals surface area contributed by atoms with Crippen LogP contribution >= 0.6 is 0 Å². The second-order valence-electron chi connectivity index (χ2n) is 11.1. The first kappa shape index (κ1) is 30.5. The van der Waals surface area contributed by atoms with Crippen LogP contribution in [0.3, 0.4) is 0 Å². The maximum absolute atomic E-state index is 13.5. The van der Waals surface area contributed by atoms with Crippen molar-refractivity contribution >= 4 is 23.6 Å². The molecule has 4 amide bonds. The first-order chi connectivity index (χ1) is 21.2. The van der Waals surface area contributed by atoms with Gasteiger partial charge in [0.2, 0.25) is 17.7 Å². The molecule has 3 heterocycles. The fraction of sp³-hybridized carbons (Fsp3) is 0.419. The molecule has 0 unspecified atom stereocenters. The summed E-state index contributed by atoms with van der Waals surface area (Å²) in [6, 6.07) is 13.1. The summed E-state index contributed by atoms with van der Waals surface area (Å²) in [5, 5.41) is 13.3. The number of carbonyl (C=O) groups excluding carboxylic acids is 4. The summed E-state index contributed by atoms with van der Waals surface area (Å²) in [4.78, 5) is 58.0. The van der Waals surface area contributed by atoms with Crippen molar-refractivity contribution in [3.05, 3.63) is 59.9 Å². The Hall–Kier alpha value is -4.94. The van der Waals surface area contributed by atoms with E-state index in [0.717, 1.165) is 5.56 Å². The summed E-state index contributed by atoms with van der Waals surface area (Å²) in [6.45, 7) is 4.29. The second kappa shape index (κ2) is 13.6. The number of benzene rings is 2. The molecule has 13 nitrogen and oxygen atoms in total. The van der Waals surface area contributed by atoms with Crippen molar-refractivity contribution in [3.63, 3.8) is 0 Å². The molecule has 0 aliphatic carbocycles. The van der Waals surface area contributed by atoms with E-state index < -0.39 is 18.0 Å². The SMILES string of the molecule is COc1ccc2cc1OCCn1nc(-c3ccccc3)nc1[C@@H](C(C)C)NC(=O)CN(C(=O)[C@@H]1CCC(=O)N1)CCNC2=O. The van der Waals surface area contributed by atoms with E-state index in [9.17, 15) is 19.2 Å². The average Bonchev–Trinajstić information content (AvgIpc) is 3.65. The number of aromatic nitrogens is 3. The summed E-state index contributed by atoms with van der Waals surface area (Å²) in [5.74, 6) is 0.440. The molecule has 2 atom stereocenters. The molecule has 0 saturated carbocycles. The van der Waals surface area contributed by atoms with Gasteiger partial charge < -0.3 is 30.3 Å². The highest BCUT2D eigenvalue weighted by Gasteiger charge is 2.33. The third-order valence-electron chi connectivity index (χ3n) is 7.59. The Labute approximate surface area is 255 Å². The van der Waals surface area contributed by atoms with Crippen LogP contribution in [-0.2, 0) is 20.9 Å². The van der Waals surface area contributed by atoms with Gasteiger partial charge in [-0.3, -0.25) is 19.2 Å². The maximum Gasteiger partial charge on any atom is 0.251 e. The number of hydrogen-bond acceptors (Lipinski definition) is 8. The first-order valence-corrected chi connectivity index (χ1v) is 14.7. The van der Waals surface area contributed by atoms with E-state index in [1.807, 2.05) is 44.2 Å². The monoisotopic (exact) mass is 603 g/mol. The highest BCUT2D eigenvalue weighted by Crippen LogP contribution is 2.29. The van der Waals surface area contributed by atoms with Crippen LogP contribution < -0.4 is 25.4 Å². The van der Waals surface area contributed by atoms with E-state index in [1.165, 1.54) is 12.0 Å². The van der Waals surface area contributed by atoms with Gasteiger partial charge in [0.15, 0.2) is 23.1 Å². The van der Waals surface area contributed by atoms with Gasteiger partial charge in [-0.25, -0.2) is 9.67 Å². The fourth-order valence-corrected chi connectivity index (χ4v) is 5.25. The van der Waals surface area contributed by atoms with Crippen LogP contribution in [0.4, 0.5) is 0 Å². The first-order valence-electron chi connectivity index (χ1n) is 14.7. The number of ether oxygens (including phenoxy) is 2. The number of rotatable bonds is 4. The Bertz CT molecular complexity index is 1520. The van der Waals surface area contributed by atoms with E-state index in [4.69, 9.17) is 19.6 Å². The quantitative estimate of drug-likeness (QED) is 0.407. The van der Waals surface area contributed by atoms with Gasteiger partial charge in [-0.2, -0.15) is 5.10 Å². The van der Waals surface area contributed by atoms with E-state index >= 15 is 0 Å². The molecule has 0 spiro atoms. The lowest BCUT2D eigenvalue weighted by Crippen LogP contribution is -2.51. The van der Waals surface area contributed by atoms with Gasteiger partial charge in [0.25, 0.3) is 5.91 Å². The second-order valence-corrected chi connectivity index (χ2v) is 11.1. The molecule has 1 fully saturated rings. The fourth-order valence-electron chi connectivity index (χ4n) is 5.25. The lowest BCUT2D eigenvalue weighted by atomic mass is 10.0. The molecule has 2 aliphatic rings. The molecule has 3 N–H and O–H groups in total. The van der Waals surface area contributed by atoms with Gasteiger partial charge >= 0.3 is 0 Å². The smallest absolute Gasteiger partial charge is 0.251 e. The van der Waals surface area contributed by atoms with E-state index in [1.54, 1.807) is 22.9 Å². The minimum absolute atomic E-state index is 0.0601. The molecule has 2 aromatic carbocycles. The molecule has 3 aromatic rings. The largest absolute Gasteiger partial charge is 0.493 e. The molecular formula is C31H37N7O6. The summed E-state index contributed by atoms with van der Waals surface area (Å²) >= 11 is 0. The summed E-state index contributed by atoms with van der Waals surface area (Å²) < 4.78 is 13.2. The van der Waals surface area contributed by atoms with Crippen LogP contribution in [0.2, 0.25) is 0 Å². The molecule has 2 bridgehead atoms. The molecular weight excluding hydrogens is 566 g/mol. The molecule has 0 radical (unpaired) electrons. The summed E-state index contributed by atoms with van der Waals surface area (Å²) in [6.07, 6.45) is 0.584. The van der Waals surface area contributed by atoms with Crippen molar-refractivity contribution in [2.75, 3.05) is 33.4 Å². The molecule has 44 heavy (non-hydrogen) atoms. The van der Waals surface area contributed by atoms with Crippen LogP contribution in [0.15, 0.2) is 48.5 Å². The van der Waals surface area contributed by atoms with Crippen LogP contribution in [0.25, 0.3) is 11.4 Å². The number of amides is 4. The number of methoxy groups -OCH3 is 1. The number of nitrogens with one attached hydrogen (secondary N) is 3. The Morgan fingerprint density at radius 3 is 2.52 bits per heavy atom. The van der Waals surface area contributed by atoms with Gasteiger partial charge in [0.1, 0.15) is 12.6 Å². The van der Waals surface area contributed by atoms with E-state index in [-0.39, 0.29) is 56.3 Å². The zero-order valence-electron chi connectivity index (χ0n) is 25.0. The van der Waals surface area contributed by atoms with Crippen LogP contribution in [0.5, 0.6) is 11.5 Å². The molecule has 2 aliphatic heterocycles.